The summed E-state index contributed by atoms with van der Waals surface area (Å²) in [5.74, 6) is -2.53. The van der Waals surface area contributed by atoms with Crippen molar-refractivity contribution in [3.63, 3.8) is 0 Å². The highest BCUT2D eigenvalue weighted by molar-refractivity contribution is 7.99. The molecule has 5 atom stereocenters. The Bertz CT molecular complexity index is 649. The summed E-state index contributed by atoms with van der Waals surface area (Å²) in [5, 5.41) is 35.7. The second-order valence-corrected chi connectivity index (χ2v) is 9.20. The maximum atomic E-state index is 13.0. The molecule has 4 aliphatic rings. The monoisotopic (exact) mass is 420 g/mol. The number of hydrogen-bond donors (Lipinski definition) is 5. The fourth-order valence-corrected chi connectivity index (χ4v) is 4.86. The van der Waals surface area contributed by atoms with E-state index < -0.39 is 46.7 Å². The Balaban J connectivity index is 1.86. The lowest BCUT2D eigenvalue weighted by atomic mass is 9.83. The van der Waals surface area contributed by atoms with E-state index >= 15 is 0 Å². The standard InChI is InChI=1S/C17H28N2O8S/c1-14(2)26-9-15(3,27-14)11(21)17-13(23)18-16(24,12(22)19-17)10(4-6-25-17)8-28-7-5-20/h10-11,20-21,24H,4-9H2,1-3H3,(H,18,23)(H,19,22)/t10?,11-,15-,16+,17-/m0/s1. The van der Waals surface area contributed by atoms with Gasteiger partial charge in [-0.25, -0.2) is 0 Å². The van der Waals surface area contributed by atoms with Gasteiger partial charge in [-0.2, -0.15) is 11.8 Å². The molecule has 5 N–H and O–H groups in total. The van der Waals surface area contributed by atoms with Gasteiger partial charge >= 0.3 is 0 Å². The molecule has 0 radical (unpaired) electrons. The van der Waals surface area contributed by atoms with E-state index in [0.717, 1.165) is 0 Å². The van der Waals surface area contributed by atoms with Gasteiger partial charge in [-0.15, -0.1) is 0 Å². The van der Waals surface area contributed by atoms with Gasteiger partial charge < -0.3 is 40.2 Å². The second-order valence-electron chi connectivity index (χ2n) is 8.05. The summed E-state index contributed by atoms with van der Waals surface area (Å²) in [4.78, 5) is 25.8. The summed E-state index contributed by atoms with van der Waals surface area (Å²) in [7, 11) is 0. The average molecular weight is 420 g/mol. The maximum absolute atomic E-state index is 13.0. The number of thioether (sulfide) groups is 1. The zero-order chi connectivity index (χ0) is 20.8. The van der Waals surface area contributed by atoms with Gasteiger partial charge in [-0.05, 0) is 27.2 Å². The molecule has 160 valence electrons. The second kappa shape index (κ2) is 7.38. The van der Waals surface area contributed by atoms with E-state index in [4.69, 9.17) is 19.3 Å². The number of hydrogen-bond acceptors (Lipinski definition) is 9. The topological polar surface area (TPSA) is 147 Å². The predicted molar refractivity (Wildman–Crippen MR) is 98.0 cm³/mol. The molecule has 4 heterocycles. The summed E-state index contributed by atoms with van der Waals surface area (Å²) in [6.45, 7) is 4.90. The molecule has 0 aromatic heterocycles. The lowest BCUT2D eigenvalue weighted by Gasteiger charge is -2.51. The first-order valence-electron chi connectivity index (χ1n) is 9.21. The molecule has 10 nitrogen and oxygen atoms in total. The number of fused-ring (bicyclic) bond motifs is 5. The Morgan fingerprint density at radius 3 is 2.54 bits per heavy atom. The van der Waals surface area contributed by atoms with Crippen LogP contribution in [-0.4, -0.2) is 87.4 Å². The van der Waals surface area contributed by atoms with E-state index in [9.17, 15) is 19.8 Å². The molecule has 2 amide bonds. The van der Waals surface area contributed by atoms with Crippen molar-refractivity contribution in [1.82, 2.24) is 10.6 Å². The van der Waals surface area contributed by atoms with E-state index in [1.54, 1.807) is 20.8 Å². The zero-order valence-electron chi connectivity index (χ0n) is 16.2. The number of carbonyl (C=O) groups is 2. The van der Waals surface area contributed by atoms with Crippen molar-refractivity contribution in [2.24, 2.45) is 5.92 Å². The summed E-state index contributed by atoms with van der Waals surface area (Å²) in [6, 6.07) is 0. The Kier molecular flexibility index (Phi) is 5.74. The molecule has 1 unspecified atom stereocenters. The first-order valence-corrected chi connectivity index (χ1v) is 10.4. The van der Waals surface area contributed by atoms with E-state index in [2.05, 4.69) is 10.6 Å². The van der Waals surface area contributed by atoms with Crippen molar-refractivity contribution in [1.29, 1.82) is 0 Å². The fraction of sp³-hybridized carbons (Fsp3) is 0.882. The Morgan fingerprint density at radius 1 is 1.21 bits per heavy atom. The van der Waals surface area contributed by atoms with Crippen LogP contribution >= 0.6 is 11.8 Å². The van der Waals surface area contributed by atoms with Gasteiger partial charge in [0.15, 0.2) is 5.79 Å². The van der Waals surface area contributed by atoms with Crippen LogP contribution in [0.5, 0.6) is 0 Å². The van der Waals surface area contributed by atoms with Gasteiger partial charge in [0.05, 0.1) is 19.8 Å². The van der Waals surface area contributed by atoms with Gasteiger partial charge in [0, 0.05) is 17.4 Å². The third-order valence-corrected chi connectivity index (χ3v) is 6.49. The van der Waals surface area contributed by atoms with E-state index in [0.29, 0.717) is 11.5 Å². The SMILES string of the molecule is CC1(C)OC[C@@](C)([C@H](O)[C@@]23NC(=O)[C@@](O)(NC2=O)C(CSCCO)CCO3)O1. The maximum Gasteiger partial charge on any atom is 0.278 e. The summed E-state index contributed by atoms with van der Waals surface area (Å²) in [6.07, 6.45) is -1.31. The minimum atomic E-state index is -2.13. The Hall–Kier alpha value is -0.950. The predicted octanol–water partition coefficient (Wildman–Crippen LogP) is -1.72. The molecule has 11 heteroatoms. The van der Waals surface area contributed by atoms with Crippen molar-refractivity contribution in [2.45, 2.75) is 56.1 Å². The normalized spacial score (nSPS) is 41.1. The molecule has 0 aromatic carbocycles. The number of aliphatic hydroxyl groups is 3. The highest BCUT2D eigenvalue weighted by Gasteiger charge is 2.66. The van der Waals surface area contributed by atoms with Crippen molar-refractivity contribution >= 4 is 23.6 Å². The van der Waals surface area contributed by atoms with Gasteiger partial charge in [0.2, 0.25) is 5.72 Å². The first-order chi connectivity index (χ1) is 13.0. The Morgan fingerprint density at radius 2 is 1.93 bits per heavy atom. The summed E-state index contributed by atoms with van der Waals surface area (Å²) >= 11 is 1.36. The van der Waals surface area contributed by atoms with E-state index in [-0.39, 0.29) is 26.2 Å². The van der Waals surface area contributed by atoms with Crippen LogP contribution in [0.25, 0.3) is 0 Å². The summed E-state index contributed by atoms with van der Waals surface area (Å²) < 4.78 is 17.0. The molecular formula is C17H28N2O8S. The van der Waals surface area contributed by atoms with Crippen LogP contribution in [0.4, 0.5) is 0 Å². The molecule has 4 aliphatic heterocycles. The van der Waals surface area contributed by atoms with Crippen molar-refractivity contribution < 1.29 is 39.1 Å². The smallest absolute Gasteiger partial charge is 0.278 e. The minimum Gasteiger partial charge on any atom is -0.396 e. The number of ether oxygens (including phenoxy) is 3. The quantitative estimate of drug-likeness (QED) is 0.317. The van der Waals surface area contributed by atoms with Gasteiger partial charge in [-0.3, -0.25) is 9.59 Å². The highest BCUT2D eigenvalue weighted by atomic mass is 32.2. The van der Waals surface area contributed by atoms with Crippen molar-refractivity contribution in [3.05, 3.63) is 0 Å². The lowest BCUT2D eigenvalue weighted by Crippen LogP contribution is -2.83. The number of rotatable bonds is 6. The molecule has 0 aromatic rings. The van der Waals surface area contributed by atoms with Crippen LogP contribution in [-0.2, 0) is 23.8 Å². The van der Waals surface area contributed by atoms with Crippen LogP contribution < -0.4 is 10.6 Å². The third kappa shape index (κ3) is 3.53. The molecule has 28 heavy (non-hydrogen) atoms. The van der Waals surface area contributed by atoms with Crippen LogP contribution in [0, 0.1) is 5.92 Å². The minimum absolute atomic E-state index is 0.0138. The highest BCUT2D eigenvalue weighted by Crippen LogP contribution is 2.40. The molecule has 0 saturated carbocycles. The molecule has 2 bridgehead atoms. The van der Waals surface area contributed by atoms with Crippen LogP contribution in [0.15, 0.2) is 0 Å². The molecule has 0 spiro atoms. The molecule has 0 aliphatic carbocycles. The van der Waals surface area contributed by atoms with Gasteiger partial charge in [0.25, 0.3) is 17.5 Å². The number of carbonyl (C=O) groups excluding carboxylic acids is 2. The first kappa shape index (κ1) is 21.8. The third-order valence-electron chi connectivity index (χ3n) is 5.38. The fourth-order valence-electron chi connectivity index (χ4n) is 3.87. The summed E-state index contributed by atoms with van der Waals surface area (Å²) in [5.41, 5.74) is -5.55. The number of aliphatic hydroxyl groups excluding tert-OH is 2. The van der Waals surface area contributed by atoms with Crippen LogP contribution in [0.3, 0.4) is 0 Å². The van der Waals surface area contributed by atoms with Crippen molar-refractivity contribution in [3.8, 4) is 0 Å². The Labute approximate surface area is 167 Å². The lowest BCUT2D eigenvalue weighted by molar-refractivity contribution is -0.247. The number of piperazine rings is 1. The molecular weight excluding hydrogens is 392 g/mol. The van der Waals surface area contributed by atoms with Gasteiger partial charge in [0.1, 0.15) is 11.7 Å². The van der Waals surface area contributed by atoms with Crippen LogP contribution in [0.2, 0.25) is 0 Å². The molecule has 4 fully saturated rings. The number of amides is 2. The van der Waals surface area contributed by atoms with Gasteiger partial charge in [-0.1, -0.05) is 0 Å². The number of nitrogens with one attached hydrogen (secondary N) is 2. The van der Waals surface area contributed by atoms with Crippen LogP contribution in [0.1, 0.15) is 27.2 Å². The molecule has 4 rings (SSSR count). The van der Waals surface area contributed by atoms with E-state index in [1.165, 1.54) is 11.8 Å². The zero-order valence-corrected chi connectivity index (χ0v) is 17.0. The van der Waals surface area contributed by atoms with Crippen molar-refractivity contribution in [2.75, 3.05) is 31.3 Å². The average Bonchev–Trinajstić information content (AvgIpc) is 2.90. The largest absolute Gasteiger partial charge is 0.396 e. The molecule has 4 saturated heterocycles. The van der Waals surface area contributed by atoms with E-state index in [1.807, 2.05) is 0 Å².